The first-order valence-corrected chi connectivity index (χ1v) is 6.36. The maximum atomic E-state index is 5.63. The Kier molecular flexibility index (Phi) is 5.67. The molecule has 0 N–H and O–H groups in total. The second kappa shape index (κ2) is 6.39. The van der Waals surface area contributed by atoms with Gasteiger partial charge in [-0.05, 0) is 47.9 Å². The molecule has 0 unspecified atom stereocenters. The minimum atomic E-state index is -0.523. The Labute approximate surface area is 111 Å². The van der Waals surface area contributed by atoms with Crippen molar-refractivity contribution in [1.29, 1.82) is 0 Å². The van der Waals surface area contributed by atoms with E-state index in [1.165, 1.54) is 0 Å². The summed E-state index contributed by atoms with van der Waals surface area (Å²) in [5.74, 6) is 0. The standard InChI is InChI=1S/C9H19BO3.C2H4BO2/c1-7(2)11-10-12-8(3,4)9(5,6)13-10;1-2-4-5-3-1/h7H,1-6H3;1-2H2. The second-order valence-corrected chi connectivity index (χ2v) is 5.60. The quantitative estimate of drug-likeness (QED) is 0.559. The molecule has 0 aromatic rings. The van der Waals surface area contributed by atoms with Gasteiger partial charge >= 0.3 is 14.8 Å². The Bertz CT molecular complexity index is 230. The molecular weight excluding hydrogens is 234 g/mol. The molecule has 0 aromatic heterocycles. The van der Waals surface area contributed by atoms with Gasteiger partial charge in [-0.1, -0.05) is 0 Å². The summed E-state index contributed by atoms with van der Waals surface area (Å²) in [6.07, 6.45) is 1.05. The minimum absolute atomic E-state index is 0.120. The molecule has 0 atom stereocenters. The van der Waals surface area contributed by atoms with E-state index in [1.54, 1.807) is 7.48 Å². The highest BCUT2D eigenvalue weighted by Crippen LogP contribution is 2.37. The van der Waals surface area contributed by atoms with Gasteiger partial charge in [0.25, 0.3) is 0 Å². The molecule has 5 nitrogen and oxygen atoms in total. The number of rotatable bonds is 2. The largest absolute Gasteiger partial charge is 0.640 e. The molecule has 103 valence electrons. The highest BCUT2D eigenvalue weighted by Gasteiger charge is 2.53. The highest BCUT2D eigenvalue weighted by atomic mass is 17.2. The van der Waals surface area contributed by atoms with Crippen molar-refractivity contribution < 1.29 is 23.7 Å². The van der Waals surface area contributed by atoms with Crippen molar-refractivity contribution in [2.24, 2.45) is 0 Å². The smallest absolute Gasteiger partial charge is 0.384 e. The summed E-state index contributed by atoms with van der Waals surface area (Å²) in [4.78, 5) is 8.71. The third kappa shape index (κ3) is 4.55. The highest BCUT2D eigenvalue weighted by molar-refractivity contribution is 6.37. The summed E-state index contributed by atoms with van der Waals surface area (Å²) in [7, 11) is 1.12. The molecule has 2 fully saturated rings. The van der Waals surface area contributed by atoms with Gasteiger partial charge in [-0.15, -0.1) is 0 Å². The molecule has 2 aliphatic heterocycles. The van der Waals surface area contributed by atoms with E-state index in [0.717, 1.165) is 12.9 Å². The van der Waals surface area contributed by atoms with Crippen LogP contribution in [0.25, 0.3) is 0 Å². The van der Waals surface area contributed by atoms with Crippen LogP contribution in [0.4, 0.5) is 0 Å². The van der Waals surface area contributed by atoms with Gasteiger partial charge < -0.3 is 18.8 Å². The van der Waals surface area contributed by atoms with Crippen molar-refractivity contribution in [1.82, 2.24) is 0 Å². The molecule has 0 amide bonds. The van der Waals surface area contributed by atoms with Crippen molar-refractivity contribution in [2.75, 3.05) is 6.61 Å². The van der Waals surface area contributed by atoms with Gasteiger partial charge in [-0.3, -0.25) is 4.89 Å². The Morgan fingerprint density at radius 2 is 1.67 bits per heavy atom. The van der Waals surface area contributed by atoms with Crippen molar-refractivity contribution in [3.8, 4) is 0 Å². The van der Waals surface area contributed by atoms with Gasteiger partial charge in [0, 0.05) is 6.10 Å². The van der Waals surface area contributed by atoms with E-state index < -0.39 is 7.32 Å². The maximum Gasteiger partial charge on any atom is 0.640 e. The number of hydrogen-bond acceptors (Lipinski definition) is 5. The SMILES string of the molecule is CC(C)OB1OC(C)(C)C(C)(C)O1.[B]1CCOO1. The Hall–Kier alpha value is -0.0701. The van der Waals surface area contributed by atoms with Crippen LogP contribution in [0.15, 0.2) is 0 Å². The van der Waals surface area contributed by atoms with Crippen LogP contribution < -0.4 is 0 Å². The first kappa shape index (κ1) is 16.0. The van der Waals surface area contributed by atoms with Gasteiger partial charge in [0.15, 0.2) is 0 Å². The first-order chi connectivity index (χ1) is 8.24. The third-order valence-electron chi connectivity index (χ3n) is 3.07. The lowest BCUT2D eigenvalue weighted by Crippen LogP contribution is -2.41. The van der Waals surface area contributed by atoms with E-state index >= 15 is 0 Å². The van der Waals surface area contributed by atoms with Crippen molar-refractivity contribution >= 4 is 14.8 Å². The van der Waals surface area contributed by atoms with Gasteiger partial charge in [-0.25, -0.2) is 0 Å². The fraction of sp³-hybridized carbons (Fsp3) is 1.00. The van der Waals surface area contributed by atoms with Gasteiger partial charge in [0.1, 0.15) is 0 Å². The van der Waals surface area contributed by atoms with Crippen LogP contribution >= 0.6 is 0 Å². The lowest BCUT2D eigenvalue weighted by molar-refractivity contribution is -0.181. The van der Waals surface area contributed by atoms with Crippen LogP contribution in [0.2, 0.25) is 6.32 Å². The molecule has 0 aromatic carbocycles. The van der Waals surface area contributed by atoms with Crippen LogP contribution in [0.3, 0.4) is 0 Å². The Morgan fingerprint density at radius 1 is 1.11 bits per heavy atom. The van der Waals surface area contributed by atoms with E-state index in [9.17, 15) is 0 Å². The molecule has 18 heavy (non-hydrogen) atoms. The van der Waals surface area contributed by atoms with Crippen LogP contribution in [-0.2, 0) is 23.7 Å². The second-order valence-electron chi connectivity index (χ2n) is 5.60. The van der Waals surface area contributed by atoms with Gasteiger partial charge in [0.2, 0.25) is 0 Å². The summed E-state index contributed by atoms with van der Waals surface area (Å²) in [5, 5.41) is 0. The average molecular weight is 257 g/mol. The van der Waals surface area contributed by atoms with E-state index in [2.05, 4.69) is 9.69 Å². The molecular formula is C11H23B2O5. The topological polar surface area (TPSA) is 46.2 Å². The lowest BCUT2D eigenvalue weighted by atomic mass is 9.90. The predicted octanol–water partition coefficient (Wildman–Crippen LogP) is 1.99. The minimum Gasteiger partial charge on any atom is -0.384 e. The Morgan fingerprint density at radius 3 is 1.94 bits per heavy atom. The van der Waals surface area contributed by atoms with Gasteiger partial charge in [0.05, 0.1) is 17.8 Å². The number of hydrogen-bond donors (Lipinski definition) is 0. The molecule has 0 bridgehead atoms. The molecule has 7 heteroatoms. The molecule has 0 saturated carbocycles. The van der Waals surface area contributed by atoms with Crippen LogP contribution in [-0.4, -0.2) is 38.7 Å². The van der Waals surface area contributed by atoms with E-state index in [1.807, 2.05) is 41.5 Å². The molecule has 0 aliphatic carbocycles. The molecule has 2 rings (SSSR count). The first-order valence-electron chi connectivity index (χ1n) is 6.36. The monoisotopic (exact) mass is 257 g/mol. The molecule has 1 radical (unpaired) electrons. The van der Waals surface area contributed by atoms with Crippen molar-refractivity contribution in [3.05, 3.63) is 0 Å². The summed E-state index contributed by atoms with van der Waals surface area (Å²) in [5.41, 5.74) is -0.598. The van der Waals surface area contributed by atoms with Gasteiger partial charge in [-0.2, -0.15) is 0 Å². The molecule has 2 saturated heterocycles. The van der Waals surface area contributed by atoms with Crippen molar-refractivity contribution in [3.63, 3.8) is 0 Å². The molecule has 2 heterocycles. The van der Waals surface area contributed by atoms with E-state index in [0.29, 0.717) is 0 Å². The summed E-state index contributed by atoms with van der Waals surface area (Å²) >= 11 is 0. The normalized spacial score (nSPS) is 24.7. The van der Waals surface area contributed by atoms with Crippen molar-refractivity contribution in [2.45, 2.75) is 65.2 Å². The fourth-order valence-corrected chi connectivity index (χ4v) is 1.31. The zero-order valence-corrected chi connectivity index (χ0v) is 12.2. The summed E-state index contributed by atoms with van der Waals surface area (Å²) in [6, 6.07) is 0. The molecule has 0 spiro atoms. The lowest BCUT2D eigenvalue weighted by Gasteiger charge is -2.31. The fourth-order valence-electron chi connectivity index (χ4n) is 1.31. The van der Waals surface area contributed by atoms with Crippen LogP contribution in [0.5, 0.6) is 0 Å². The average Bonchev–Trinajstić information content (AvgIpc) is 2.75. The van der Waals surface area contributed by atoms with E-state index in [-0.39, 0.29) is 17.3 Å². The predicted molar refractivity (Wildman–Crippen MR) is 69.9 cm³/mol. The molecule has 2 aliphatic rings. The van der Waals surface area contributed by atoms with E-state index in [4.69, 9.17) is 14.0 Å². The summed E-state index contributed by atoms with van der Waals surface area (Å²) < 4.78 is 16.7. The summed E-state index contributed by atoms with van der Waals surface area (Å²) in [6.45, 7) is 12.7. The zero-order chi connectivity index (χ0) is 13.8. The van der Waals surface area contributed by atoms with Crippen LogP contribution in [0.1, 0.15) is 41.5 Å². The van der Waals surface area contributed by atoms with Crippen LogP contribution in [0, 0.1) is 0 Å². The zero-order valence-electron chi connectivity index (χ0n) is 12.2. The maximum absolute atomic E-state index is 5.63. The third-order valence-corrected chi connectivity index (χ3v) is 3.07. The Balaban J connectivity index is 0.000000269.